The van der Waals surface area contributed by atoms with Crippen LogP contribution in [0.5, 0.6) is 5.75 Å². The lowest BCUT2D eigenvalue weighted by Crippen LogP contribution is -2.09. The molecule has 19 heavy (non-hydrogen) atoms. The number of aryl methyl sites for hydroxylation is 1. The van der Waals surface area contributed by atoms with Crippen LogP contribution in [-0.4, -0.2) is 30.9 Å². The maximum Gasteiger partial charge on any atom is 0.349 e. The molecule has 0 aliphatic carbocycles. The van der Waals surface area contributed by atoms with Crippen LogP contribution < -0.4 is 4.74 Å². The van der Waals surface area contributed by atoms with Crippen LogP contribution in [-0.2, 0) is 11.2 Å². The highest BCUT2D eigenvalue weighted by Crippen LogP contribution is 2.29. The molecule has 0 aromatic carbocycles. The van der Waals surface area contributed by atoms with Gasteiger partial charge in [-0.25, -0.2) is 4.79 Å². The Labute approximate surface area is 118 Å². The van der Waals surface area contributed by atoms with Crippen molar-refractivity contribution in [2.24, 2.45) is 5.92 Å². The van der Waals surface area contributed by atoms with E-state index >= 15 is 0 Å². The molecule has 0 unspecified atom stereocenters. The van der Waals surface area contributed by atoms with Crippen LogP contribution in [0.3, 0.4) is 0 Å². The third-order valence-electron chi connectivity index (χ3n) is 2.62. The Kier molecular flexibility index (Phi) is 6.87. The first kappa shape index (κ1) is 16.0. The van der Waals surface area contributed by atoms with Crippen molar-refractivity contribution < 1.29 is 19.4 Å². The Balaban J connectivity index is 2.36. The summed E-state index contributed by atoms with van der Waals surface area (Å²) in [5.41, 5.74) is 0. The lowest BCUT2D eigenvalue weighted by molar-refractivity contribution is 0.0689. The largest absolute Gasteiger partial charge is 0.489 e. The van der Waals surface area contributed by atoms with Crippen molar-refractivity contribution in [1.82, 2.24) is 0 Å². The Hall–Kier alpha value is -1.07. The fourth-order valence-corrected chi connectivity index (χ4v) is 2.36. The fourth-order valence-electron chi connectivity index (χ4n) is 1.48. The van der Waals surface area contributed by atoms with E-state index < -0.39 is 5.97 Å². The minimum Gasteiger partial charge on any atom is -0.489 e. The maximum atomic E-state index is 11.1. The molecule has 1 rings (SSSR count). The first-order valence-corrected chi connectivity index (χ1v) is 7.42. The number of hydrogen-bond acceptors (Lipinski definition) is 4. The van der Waals surface area contributed by atoms with Crippen LogP contribution in [0.25, 0.3) is 0 Å². The summed E-state index contributed by atoms with van der Waals surface area (Å²) in [6.45, 7) is 7.89. The fraction of sp³-hybridized carbons (Fsp3) is 0.643. The van der Waals surface area contributed by atoms with Crippen molar-refractivity contribution in [3.05, 3.63) is 15.8 Å². The average molecular weight is 286 g/mol. The molecule has 0 atom stereocenters. The molecule has 0 amide bonds. The minimum absolute atomic E-state index is 0.277. The van der Waals surface area contributed by atoms with Crippen molar-refractivity contribution in [3.8, 4) is 5.75 Å². The molecule has 108 valence electrons. The predicted octanol–water partition coefficient (Wildman–Crippen LogP) is 3.45. The van der Waals surface area contributed by atoms with Gasteiger partial charge in [-0.1, -0.05) is 20.8 Å². The van der Waals surface area contributed by atoms with Crippen LogP contribution in [0.2, 0.25) is 0 Å². The van der Waals surface area contributed by atoms with Crippen molar-refractivity contribution in [3.63, 3.8) is 0 Å². The maximum absolute atomic E-state index is 11.1. The van der Waals surface area contributed by atoms with Crippen molar-refractivity contribution in [1.29, 1.82) is 0 Å². The summed E-state index contributed by atoms with van der Waals surface area (Å²) in [5, 5.41) is 9.08. The summed E-state index contributed by atoms with van der Waals surface area (Å²) in [5.74, 6) is 0.158. The molecule has 0 bridgehead atoms. The first-order valence-electron chi connectivity index (χ1n) is 6.61. The second-order valence-corrected chi connectivity index (χ2v) is 5.84. The molecular formula is C14H22O4S. The Morgan fingerprint density at radius 3 is 2.68 bits per heavy atom. The summed E-state index contributed by atoms with van der Waals surface area (Å²) in [6.07, 6.45) is 1.85. The second-order valence-electron chi connectivity index (χ2n) is 4.71. The number of ether oxygens (including phenoxy) is 2. The zero-order valence-corrected chi connectivity index (χ0v) is 12.6. The smallest absolute Gasteiger partial charge is 0.349 e. The number of aromatic carboxylic acids is 1. The van der Waals surface area contributed by atoms with Crippen LogP contribution in [0.1, 0.15) is 41.7 Å². The Morgan fingerprint density at radius 1 is 1.37 bits per heavy atom. The highest BCUT2D eigenvalue weighted by Gasteiger charge is 2.15. The first-order chi connectivity index (χ1) is 9.04. The highest BCUT2D eigenvalue weighted by molar-refractivity contribution is 7.14. The third kappa shape index (κ3) is 5.61. The van der Waals surface area contributed by atoms with Gasteiger partial charge in [0.15, 0.2) is 4.88 Å². The average Bonchev–Trinajstić information content (AvgIpc) is 2.76. The number of carboxylic acid groups (broad SMARTS) is 1. The standard InChI is InChI=1S/C14H22O4S/c1-4-11-9-12(13(19-11)14(15)16)18-8-7-17-6-5-10(2)3/h9-10H,4-8H2,1-3H3,(H,15,16). The van der Waals surface area contributed by atoms with E-state index in [-0.39, 0.29) is 4.88 Å². The van der Waals surface area contributed by atoms with E-state index in [0.29, 0.717) is 24.9 Å². The molecule has 5 heteroatoms. The van der Waals surface area contributed by atoms with Gasteiger partial charge in [-0.15, -0.1) is 11.3 Å². The van der Waals surface area contributed by atoms with Gasteiger partial charge < -0.3 is 14.6 Å². The monoisotopic (exact) mass is 286 g/mol. The predicted molar refractivity (Wildman–Crippen MR) is 76.4 cm³/mol. The molecule has 1 aromatic heterocycles. The lowest BCUT2D eigenvalue weighted by Gasteiger charge is -2.07. The summed E-state index contributed by atoms with van der Waals surface area (Å²) in [7, 11) is 0. The molecule has 0 aliphatic heterocycles. The quantitative estimate of drug-likeness (QED) is 0.706. The molecule has 0 fully saturated rings. The molecule has 0 aliphatic rings. The van der Waals surface area contributed by atoms with Gasteiger partial charge in [-0.3, -0.25) is 0 Å². The van der Waals surface area contributed by atoms with E-state index in [4.69, 9.17) is 14.6 Å². The van der Waals surface area contributed by atoms with Crippen molar-refractivity contribution in [2.75, 3.05) is 19.8 Å². The Morgan fingerprint density at radius 2 is 2.11 bits per heavy atom. The number of carbonyl (C=O) groups is 1. The number of thiophene rings is 1. The van der Waals surface area contributed by atoms with Crippen molar-refractivity contribution in [2.45, 2.75) is 33.6 Å². The van der Waals surface area contributed by atoms with Crippen LogP contribution in [0.4, 0.5) is 0 Å². The highest BCUT2D eigenvalue weighted by atomic mass is 32.1. The van der Waals surface area contributed by atoms with Gasteiger partial charge in [-0.05, 0) is 24.8 Å². The van der Waals surface area contributed by atoms with Gasteiger partial charge in [0.2, 0.25) is 0 Å². The van der Waals surface area contributed by atoms with Crippen LogP contribution in [0.15, 0.2) is 6.07 Å². The molecule has 4 nitrogen and oxygen atoms in total. The second kappa shape index (κ2) is 8.17. The normalized spacial score (nSPS) is 10.9. The van der Waals surface area contributed by atoms with E-state index in [9.17, 15) is 4.79 Å². The molecule has 0 spiro atoms. The van der Waals surface area contributed by atoms with Crippen molar-refractivity contribution >= 4 is 17.3 Å². The lowest BCUT2D eigenvalue weighted by atomic mass is 10.1. The van der Waals surface area contributed by atoms with Gasteiger partial charge in [0.1, 0.15) is 12.4 Å². The topological polar surface area (TPSA) is 55.8 Å². The zero-order valence-electron chi connectivity index (χ0n) is 11.8. The Bertz CT molecular complexity index is 398. The molecule has 1 aromatic rings. The molecule has 1 N–H and O–H groups in total. The molecule has 0 saturated heterocycles. The van der Waals surface area contributed by atoms with Gasteiger partial charge in [0.05, 0.1) is 6.61 Å². The van der Waals surface area contributed by atoms with Crippen LogP contribution in [0, 0.1) is 5.92 Å². The SMILES string of the molecule is CCc1cc(OCCOCCC(C)C)c(C(=O)O)s1. The molecule has 0 saturated carbocycles. The van der Waals surface area contributed by atoms with E-state index in [1.54, 1.807) is 0 Å². The van der Waals surface area contributed by atoms with Gasteiger partial charge in [-0.2, -0.15) is 0 Å². The molecule has 0 radical (unpaired) electrons. The summed E-state index contributed by atoms with van der Waals surface area (Å²) < 4.78 is 10.9. The van der Waals surface area contributed by atoms with E-state index in [0.717, 1.165) is 24.3 Å². The number of hydrogen-bond donors (Lipinski definition) is 1. The van der Waals surface area contributed by atoms with E-state index in [1.807, 2.05) is 13.0 Å². The summed E-state index contributed by atoms with van der Waals surface area (Å²) in [6, 6.07) is 1.81. The minimum atomic E-state index is -0.930. The zero-order chi connectivity index (χ0) is 14.3. The summed E-state index contributed by atoms with van der Waals surface area (Å²) >= 11 is 1.27. The van der Waals surface area contributed by atoms with Crippen LogP contribution >= 0.6 is 11.3 Å². The summed E-state index contributed by atoms with van der Waals surface area (Å²) in [4.78, 5) is 12.4. The molecular weight excluding hydrogens is 264 g/mol. The molecule has 1 heterocycles. The van der Waals surface area contributed by atoms with Gasteiger partial charge in [0, 0.05) is 11.5 Å². The van der Waals surface area contributed by atoms with Gasteiger partial charge >= 0.3 is 5.97 Å². The van der Waals surface area contributed by atoms with E-state index in [1.165, 1.54) is 11.3 Å². The van der Waals surface area contributed by atoms with E-state index in [2.05, 4.69) is 13.8 Å². The number of rotatable bonds is 9. The third-order valence-corrected chi connectivity index (χ3v) is 3.87. The van der Waals surface area contributed by atoms with Gasteiger partial charge in [0.25, 0.3) is 0 Å². The number of carboxylic acids is 1.